The highest BCUT2D eigenvalue weighted by Gasteiger charge is 1.88. The third kappa shape index (κ3) is 10.8. The zero-order valence-corrected chi connectivity index (χ0v) is 10.3. The van der Waals surface area contributed by atoms with E-state index in [4.69, 9.17) is 0 Å². The van der Waals surface area contributed by atoms with Crippen molar-refractivity contribution in [2.24, 2.45) is 0 Å². The van der Waals surface area contributed by atoms with Gasteiger partial charge in [-0.1, -0.05) is 22.9 Å². The number of rotatable bonds is 9. The Morgan fingerprint density at radius 3 is 2.58 bits per heavy atom. The van der Waals surface area contributed by atoms with E-state index in [0.29, 0.717) is 0 Å². The minimum absolute atomic E-state index is 1.14. The minimum Gasteiger partial charge on any atom is -0.317 e. The van der Waals surface area contributed by atoms with Gasteiger partial charge in [-0.25, -0.2) is 0 Å². The maximum atomic E-state index is 3.44. The van der Waals surface area contributed by atoms with Gasteiger partial charge >= 0.3 is 0 Å². The molecule has 74 valence electrons. The average molecular weight is 254 g/mol. The fourth-order valence-electron chi connectivity index (χ4n) is 0.913. The number of halogens is 1. The van der Waals surface area contributed by atoms with Crippen LogP contribution in [0.4, 0.5) is 0 Å². The SMILES string of the molecule is CCSCCCNCCCCBr. The Balaban J connectivity index is 2.73. The van der Waals surface area contributed by atoms with E-state index in [1.165, 1.54) is 43.9 Å². The topological polar surface area (TPSA) is 12.0 Å². The molecule has 0 aliphatic heterocycles. The predicted molar refractivity (Wildman–Crippen MR) is 63.5 cm³/mol. The molecule has 0 unspecified atom stereocenters. The Morgan fingerprint density at radius 2 is 1.92 bits per heavy atom. The average Bonchev–Trinajstić information content (AvgIpc) is 2.10. The standard InChI is InChI=1S/C9H20BrNS/c1-2-12-9-5-8-11-7-4-3-6-10/h11H,2-9H2,1H3. The van der Waals surface area contributed by atoms with Crippen LogP contribution in [0, 0.1) is 0 Å². The molecule has 0 aromatic rings. The molecule has 0 rings (SSSR count). The second kappa shape index (κ2) is 11.8. The summed E-state index contributed by atoms with van der Waals surface area (Å²) in [6.45, 7) is 4.59. The lowest BCUT2D eigenvalue weighted by Gasteiger charge is -2.02. The summed E-state index contributed by atoms with van der Waals surface area (Å²) in [6, 6.07) is 0. The highest BCUT2D eigenvalue weighted by atomic mass is 79.9. The van der Waals surface area contributed by atoms with Crippen molar-refractivity contribution in [2.45, 2.75) is 26.2 Å². The van der Waals surface area contributed by atoms with E-state index in [-0.39, 0.29) is 0 Å². The number of alkyl halides is 1. The first kappa shape index (κ1) is 12.8. The van der Waals surface area contributed by atoms with Gasteiger partial charge in [0, 0.05) is 5.33 Å². The van der Waals surface area contributed by atoms with E-state index in [0.717, 1.165) is 5.33 Å². The van der Waals surface area contributed by atoms with Crippen molar-refractivity contribution in [3.8, 4) is 0 Å². The van der Waals surface area contributed by atoms with Gasteiger partial charge in [0.05, 0.1) is 0 Å². The highest BCUT2D eigenvalue weighted by molar-refractivity contribution is 9.09. The fourth-order valence-corrected chi connectivity index (χ4v) is 1.95. The second-order valence-electron chi connectivity index (χ2n) is 2.70. The molecular formula is C9H20BrNS. The fraction of sp³-hybridized carbons (Fsp3) is 1.00. The number of hydrogen-bond acceptors (Lipinski definition) is 2. The Kier molecular flexibility index (Phi) is 12.6. The molecule has 0 saturated carbocycles. The monoisotopic (exact) mass is 253 g/mol. The first-order chi connectivity index (χ1) is 5.91. The van der Waals surface area contributed by atoms with E-state index in [9.17, 15) is 0 Å². The van der Waals surface area contributed by atoms with Crippen molar-refractivity contribution >= 4 is 27.7 Å². The molecule has 1 nitrogen and oxygen atoms in total. The summed E-state index contributed by atoms with van der Waals surface area (Å²) >= 11 is 5.45. The summed E-state index contributed by atoms with van der Waals surface area (Å²) in [5, 5.41) is 4.58. The molecular weight excluding hydrogens is 234 g/mol. The van der Waals surface area contributed by atoms with Gasteiger partial charge in [0.15, 0.2) is 0 Å². The summed E-state index contributed by atoms with van der Waals surface area (Å²) in [4.78, 5) is 0. The van der Waals surface area contributed by atoms with Crippen molar-refractivity contribution in [1.82, 2.24) is 5.32 Å². The largest absolute Gasteiger partial charge is 0.317 e. The lowest BCUT2D eigenvalue weighted by atomic mass is 10.3. The molecule has 0 bridgehead atoms. The minimum atomic E-state index is 1.14. The first-order valence-electron chi connectivity index (χ1n) is 4.76. The molecule has 0 amide bonds. The lowest BCUT2D eigenvalue weighted by Crippen LogP contribution is -2.17. The van der Waals surface area contributed by atoms with Crippen molar-refractivity contribution in [3.05, 3.63) is 0 Å². The second-order valence-corrected chi connectivity index (χ2v) is 4.88. The third-order valence-corrected chi connectivity index (χ3v) is 3.13. The predicted octanol–water partition coefficient (Wildman–Crippen LogP) is 2.89. The van der Waals surface area contributed by atoms with Crippen LogP contribution >= 0.6 is 27.7 Å². The van der Waals surface area contributed by atoms with Gasteiger partial charge in [0.25, 0.3) is 0 Å². The van der Waals surface area contributed by atoms with E-state index in [1.54, 1.807) is 0 Å². The van der Waals surface area contributed by atoms with Crippen LogP contribution in [0.1, 0.15) is 26.2 Å². The maximum absolute atomic E-state index is 3.44. The maximum Gasteiger partial charge on any atom is 0.00317 e. The molecule has 1 N–H and O–H groups in total. The van der Waals surface area contributed by atoms with Crippen LogP contribution in [-0.4, -0.2) is 29.9 Å². The molecule has 0 aliphatic rings. The van der Waals surface area contributed by atoms with Gasteiger partial charge in [-0.15, -0.1) is 0 Å². The summed E-state index contributed by atoms with van der Waals surface area (Å²) in [5.74, 6) is 2.56. The van der Waals surface area contributed by atoms with Gasteiger partial charge in [0.2, 0.25) is 0 Å². The number of hydrogen-bond donors (Lipinski definition) is 1. The normalized spacial score (nSPS) is 10.5. The molecule has 12 heavy (non-hydrogen) atoms. The van der Waals surface area contributed by atoms with Crippen LogP contribution in [-0.2, 0) is 0 Å². The van der Waals surface area contributed by atoms with Crippen LogP contribution in [0.5, 0.6) is 0 Å². The Labute approximate surface area is 89.2 Å². The molecule has 0 saturated heterocycles. The molecule has 0 radical (unpaired) electrons. The van der Waals surface area contributed by atoms with Gasteiger partial charge in [-0.05, 0) is 43.9 Å². The van der Waals surface area contributed by atoms with Crippen LogP contribution in [0.2, 0.25) is 0 Å². The Hall–Kier alpha value is 0.790. The Bertz CT molecular complexity index is 70.9. The zero-order valence-electron chi connectivity index (χ0n) is 7.94. The summed E-state index contributed by atoms with van der Waals surface area (Å²) < 4.78 is 0. The van der Waals surface area contributed by atoms with Crippen molar-refractivity contribution in [3.63, 3.8) is 0 Å². The molecule has 0 fully saturated rings. The quantitative estimate of drug-likeness (QED) is 0.501. The summed E-state index contributed by atoms with van der Waals surface area (Å²) in [7, 11) is 0. The van der Waals surface area contributed by atoms with E-state index in [1.807, 2.05) is 11.8 Å². The molecule has 0 aromatic carbocycles. The number of unbranched alkanes of at least 4 members (excludes halogenated alkanes) is 1. The lowest BCUT2D eigenvalue weighted by molar-refractivity contribution is 0.638. The molecule has 0 atom stereocenters. The van der Waals surface area contributed by atoms with Crippen LogP contribution in [0.25, 0.3) is 0 Å². The Morgan fingerprint density at radius 1 is 1.17 bits per heavy atom. The molecule has 3 heteroatoms. The third-order valence-electron chi connectivity index (χ3n) is 1.58. The smallest absolute Gasteiger partial charge is 0.00317 e. The van der Waals surface area contributed by atoms with Crippen molar-refractivity contribution < 1.29 is 0 Å². The molecule has 0 aliphatic carbocycles. The molecule has 0 spiro atoms. The van der Waals surface area contributed by atoms with Crippen LogP contribution in [0.15, 0.2) is 0 Å². The van der Waals surface area contributed by atoms with E-state index in [2.05, 4.69) is 28.2 Å². The molecule has 0 heterocycles. The number of nitrogens with one attached hydrogen (secondary N) is 1. The van der Waals surface area contributed by atoms with Gasteiger partial charge < -0.3 is 5.32 Å². The first-order valence-corrected chi connectivity index (χ1v) is 7.03. The van der Waals surface area contributed by atoms with E-state index < -0.39 is 0 Å². The van der Waals surface area contributed by atoms with Gasteiger partial charge in [-0.3, -0.25) is 0 Å². The van der Waals surface area contributed by atoms with E-state index >= 15 is 0 Å². The van der Waals surface area contributed by atoms with Gasteiger partial charge in [-0.2, -0.15) is 11.8 Å². The van der Waals surface area contributed by atoms with Crippen LogP contribution in [0.3, 0.4) is 0 Å². The van der Waals surface area contributed by atoms with Crippen molar-refractivity contribution in [2.75, 3.05) is 29.9 Å². The van der Waals surface area contributed by atoms with Crippen LogP contribution < -0.4 is 5.32 Å². The highest BCUT2D eigenvalue weighted by Crippen LogP contribution is 1.99. The summed E-state index contributed by atoms with van der Waals surface area (Å²) in [6.07, 6.45) is 3.90. The zero-order chi connectivity index (χ0) is 9.07. The van der Waals surface area contributed by atoms with Gasteiger partial charge in [0.1, 0.15) is 0 Å². The number of thioether (sulfide) groups is 1. The summed E-state index contributed by atoms with van der Waals surface area (Å²) in [5.41, 5.74) is 0. The van der Waals surface area contributed by atoms with Crippen molar-refractivity contribution in [1.29, 1.82) is 0 Å². The molecule has 0 aromatic heterocycles.